The Balaban J connectivity index is 1.42. The third-order valence-corrected chi connectivity index (χ3v) is 5.78. The van der Waals surface area contributed by atoms with Crippen LogP contribution in [0.25, 0.3) is 11.0 Å². The van der Waals surface area contributed by atoms with Crippen LogP contribution in [0.1, 0.15) is 39.0 Å². The summed E-state index contributed by atoms with van der Waals surface area (Å²) in [5.41, 5.74) is 3.99. The molecule has 0 spiro atoms. The summed E-state index contributed by atoms with van der Waals surface area (Å²) in [6, 6.07) is 4.83. The molecule has 1 aliphatic heterocycles. The second-order valence-corrected chi connectivity index (χ2v) is 7.99. The van der Waals surface area contributed by atoms with E-state index in [1.807, 2.05) is 6.92 Å². The van der Waals surface area contributed by atoms with E-state index in [4.69, 9.17) is 9.47 Å². The summed E-state index contributed by atoms with van der Waals surface area (Å²) in [5, 5.41) is 6.70. The van der Waals surface area contributed by atoms with E-state index in [2.05, 4.69) is 37.6 Å². The van der Waals surface area contributed by atoms with Gasteiger partial charge in [0.15, 0.2) is 0 Å². The minimum atomic E-state index is -0.298. The summed E-state index contributed by atoms with van der Waals surface area (Å²) < 4.78 is 10.6. The lowest BCUT2D eigenvalue weighted by molar-refractivity contribution is 0.122. The summed E-state index contributed by atoms with van der Waals surface area (Å²) in [7, 11) is 0. The number of hydrogen-bond acceptors (Lipinski definition) is 7. The van der Waals surface area contributed by atoms with E-state index < -0.39 is 0 Å². The first-order valence-electron chi connectivity index (χ1n) is 11.0. The number of ether oxygens (including phenoxy) is 2. The van der Waals surface area contributed by atoms with Crippen LogP contribution in [0.2, 0.25) is 0 Å². The number of benzene rings is 1. The molecule has 8 nitrogen and oxygen atoms in total. The van der Waals surface area contributed by atoms with Gasteiger partial charge in [-0.1, -0.05) is 6.92 Å². The lowest BCUT2D eigenvalue weighted by Crippen LogP contribution is -2.40. The highest BCUT2D eigenvalue weighted by atomic mass is 16.5. The van der Waals surface area contributed by atoms with E-state index in [-0.39, 0.29) is 12.1 Å². The zero-order valence-electron chi connectivity index (χ0n) is 17.6. The Bertz CT molecular complexity index is 848. The molecule has 8 heteroatoms. The van der Waals surface area contributed by atoms with Crippen LogP contribution in [0.4, 0.5) is 16.2 Å². The molecule has 1 aromatic carbocycles. The van der Waals surface area contributed by atoms with Crippen molar-refractivity contribution in [3.63, 3.8) is 0 Å². The Labute approximate surface area is 177 Å². The molecule has 1 aliphatic carbocycles. The Hall–Kier alpha value is -2.61. The summed E-state index contributed by atoms with van der Waals surface area (Å²) >= 11 is 0. The van der Waals surface area contributed by atoms with Crippen LogP contribution in [0.3, 0.4) is 0 Å². The molecule has 2 aliphatic rings. The van der Waals surface area contributed by atoms with Crippen molar-refractivity contribution in [2.45, 2.75) is 51.1 Å². The van der Waals surface area contributed by atoms with Crippen LogP contribution < -0.4 is 15.5 Å². The van der Waals surface area contributed by atoms with Crippen molar-refractivity contribution in [2.24, 2.45) is 0 Å². The predicted octanol–water partition coefficient (Wildman–Crippen LogP) is 3.33. The minimum Gasteiger partial charge on any atom is -0.450 e. The number of fused-ring (bicyclic) bond motifs is 1. The van der Waals surface area contributed by atoms with Crippen LogP contribution >= 0.6 is 0 Å². The van der Waals surface area contributed by atoms with Gasteiger partial charge in [-0.3, -0.25) is 9.97 Å². The number of nitrogens with zero attached hydrogens (tertiary/aromatic N) is 3. The fourth-order valence-corrected chi connectivity index (χ4v) is 4.18. The number of morpholine rings is 1. The lowest BCUT2D eigenvalue weighted by atomic mass is 9.91. The van der Waals surface area contributed by atoms with Crippen LogP contribution in [-0.4, -0.2) is 61.1 Å². The molecule has 162 valence electrons. The highest BCUT2D eigenvalue weighted by Gasteiger charge is 2.24. The molecule has 2 N–H and O–H groups in total. The average Bonchev–Trinajstić information content (AvgIpc) is 2.79. The van der Waals surface area contributed by atoms with Crippen molar-refractivity contribution in [2.75, 3.05) is 43.1 Å². The van der Waals surface area contributed by atoms with E-state index in [0.717, 1.165) is 80.8 Å². The van der Waals surface area contributed by atoms with Gasteiger partial charge in [0.2, 0.25) is 0 Å². The summed E-state index contributed by atoms with van der Waals surface area (Å²) in [4.78, 5) is 23.2. The Morgan fingerprint density at radius 3 is 2.63 bits per heavy atom. The molecule has 4 rings (SSSR count). The van der Waals surface area contributed by atoms with E-state index in [1.165, 1.54) is 0 Å². The van der Waals surface area contributed by atoms with Gasteiger partial charge in [-0.15, -0.1) is 0 Å². The van der Waals surface area contributed by atoms with Gasteiger partial charge in [0.1, 0.15) is 5.52 Å². The number of carbonyl (C=O) groups excluding carboxylic acids is 1. The number of aromatic nitrogens is 2. The fraction of sp³-hybridized carbons (Fsp3) is 0.591. The van der Waals surface area contributed by atoms with Gasteiger partial charge in [-0.25, -0.2) is 4.79 Å². The van der Waals surface area contributed by atoms with Gasteiger partial charge < -0.3 is 25.0 Å². The van der Waals surface area contributed by atoms with Crippen molar-refractivity contribution in [1.82, 2.24) is 15.3 Å². The van der Waals surface area contributed by atoms with Crippen LogP contribution in [0.5, 0.6) is 0 Å². The second-order valence-electron chi connectivity index (χ2n) is 7.99. The number of anilines is 2. The first-order valence-corrected chi connectivity index (χ1v) is 11.0. The van der Waals surface area contributed by atoms with Crippen LogP contribution in [0, 0.1) is 0 Å². The zero-order valence-corrected chi connectivity index (χ0v) is 17.6. The Kier molecular flexibility index (Phi) is 6.84. The van der Waals surface area contributed by atoms with Crippen molar-refractivity contribution < 1.29 is 14.3 Å². The standard InChI is InChI=1S/C22H31N5O3/c1-2-11-30-22(28)26-17-5-3-16(4-6-17)25-20-15-18(27-9-12-29-13-10-27)14-19-21(20)24-8-7-23-19/h7-8,14-17,25H,2-6,9-13H2,1H3,(H,26,28)/t16-,17+. The maximum atomic E-state index is 11.8. The number of rotatable bonds is 6. The predicted molar refractivity (Wildman–Crippen MR) is 117 cm³/mol. The first-order chi connectivity index (χ1) is 14.7. The largest absolute Gasteiger partial charge is 0.450 e. The third kappa shape index (κ3) is 5.11. The van der Waals surface area contributed by atoms with E-state index in [0.29, 0.717) is 12.6 Å². The molecule has 2 aromatic rings. The van der Waals surface area contributed by atoms with Crippen molar-refractivity contribution in [1.29, 1.82) is 0 Å². The van der Waals surface area contributed by atoms with Crippen molar-refractivity contribution in [3.8, 4) is 0 Å². The van der Waals surface area contributed by atoms with Gasteiger partial charge in [0, 0.05) is 43.3 Å². The molecular formula is C22H31N5O3. The molecule has 0 atom stereocenters. The quantitative estimate of drug-likeness (QED) is 0.751. The SMILES string of the molecule is CCCOC(=O)N[C@H]1CC[C@@H](Nc2cc(N3CCOCC3)cc3nccnc23)CC1. The normalized spacial score (nSPS) is 22.0. The molecule has 0 bridgehead atoms. The van der Waals surface area contributed by atoms with E-state index >= 15 is 0 Å². The monoisotopic (exact) mass is 413 g/mol. The molecule has 0 radical (unpaired) electrons. The molecule has 30 heavy (non-hydrogen) atoms. The van der Waals surface area contributed by atoms with Crippen molar-refractivity contribution in [3.05, 3.63) is 24.5 Å². The number of amides is 1. The topological polar surface area (TPSA) is 88.6 Å². The molecule has 1 saturated heterocycles. The number of carbonyl (C=O) groups is 1. The zero-order chi connectivity index (χ0) is 20.8. The number of nitrogens with one attached hydrogen (secondary N) is 2. The molecule has 1 amide bonds. The number of hydrogen-bond donors (Lipinski definition) is 2. The maximum Gasteiger partial charge on any atom is 0.407 e. The fourth-order valence-electron chi connectivity index (χ4n) is 4.18. The molecule has 0 unspecified atom stereocenters. The second kappa shape index (κ2) is 9.93. The van der Waals surface area contributed by atoms with Crippen LogP contribution in [0.15, 0.2) is 24.5 Å². The van der Waals surface area contributed by atoms with Crippen LogP contribution in [-0.2, 0) is 9.47 Å². The highest BCUT2D eigenvalue weighted by Crippen LogP contribution is 2.31. The highest BCUT2D eigenvalue weighted by molar-refractivity contribution is 5.91. The van der Waals surface area contributed by atoms with Gasteiger partial charge in [0.05, 0.1) is 31.0 Å². The van der Waals surface area contributed by atoms with Gasteiger partial charge in [-0.05, 0) is 44.2 Å². The van der Waals surface area contributed by atoms with Crippen molar-refractivity contribution >= 4 is 28.5 Å². The maximum absolute atomic E-state index is 11.8. The molecule has 1 aromatic heterocycles. The van der Waals surface area contributed by atoms with Gasteiger partial charge in [0.25, 0.3) is 0 Å². The summed E-state index contributed by atoms with van der Waals surface area (Å²) in [6.07, 6.45) is 7.87. The van der Waals surface area contributed by atoms with Gasteiger partial charge >= 0.3 is 6.09 Å². The summed E-state index contributed by atoms with van der Waals surface area (Å²) in [6.45, 7) is 5.73. The lowest BCUT2D eigenvalue weighted by Gasteiger charge is -2.32. The smallest absolute Gasteiger partial charge is 0.407 e. The van der Waals surface area contributed by atoms with E-state index in [1.54, 1.807) is 12.4 Å². The molecule has 2 heterocycles. The number of alkyl carbamates (subject to hydrolysis) is 1. The van der Waals surface area contributed by atoms with E-state index in [9.17, 15) is 4.79 Å². The molecule has 1 saturated carbocycles. The Morgan fingerprint density at radius 2 is 1.87 bits per heavy atom. The minimum absolute atomic E-state index is 0.184. The molecular weight excluding hydrogens is 382 g/mol. The Morgan fingerprint density at radius 1 is 1.13 bits per heavy atom. The summed E-state index contributed by atoms with van der Waals surface area (Å²) in [5.74, 6) is 0. The first kappa shape index (κ1) is 20.7. The van der Waals surface area contributed by atoms with Gasteiger partial charge in [-0.2, -0.15) is 0 Å². The average molecular weight is 414 g/mol. The molecule has 2 fully saturated rings. The third-order valence-electron chi connectivity index (χ3n) is 5.78.